The minimum atomic E-state index is 0.0271. The lowest BCUT2D eigenvalue weighted by atomic mass is 9.77. The molecule has 1 fully saturated rings. The summed E-state index contributed by atoms with van der Waals surface area (Å²) >= 11 is 1.69. The molecule has 2 aromatic heterocycles. The van der Waals surface area contributed by atoms with E-state index >= 15 is 0 Å². The van der Waals surface area contributed by atoms with Crippen LogP contribution in [-0.4, -0.2) is 48.0 Å². The van der Waals surface area contributed by atoms with Gasteiger partial charge in [0.25, 0.3) is 0 Å². The predicted octanol–water partition coefficient (Wildman–Crippen LogP) is 3.04. The van der Waals surface area contributed by atoms with Crippen molar-refractivity contribution < 1.29 is 4.79 Å². The number of hydrogen-bond donors (Lipinski definition) is 0. The summed E-state index contributed by atoms with van der Waals surface area (Å²) in [7, 11) is 3.95. The van der Waals surface area contributed by atoms with Crippen molar-refractivity contribution >= 4 is 23.2 Å². The number of anilines is 1. The van der Waals surface area contributed by atoms with Gasteiger partial charge in [0.1, 0.15) is 0 Å². The highest BCUT2D eigenvalue weighted by atomic mass is 32.1. The van der Waals surface area contributed by atoms with E-state index in [1.165, 1.54) is 16.8 Å². The summed E-state index contributed by atoms with van der Waals surface area (Å²) in [6, 6.07) is 2.11. The zero-order valence-electron chi connectivity index (χ0n) is 15.6. The molecular weight excluding hydrogens is 344 g/mol. The molecule has 1 unspecified atom stereocenters. The smallest absolute Gasteiger partial charge is 0.225 e. The van der Waals surface area contributed by atoms with Gasteiger partial charge in [-0.2, -0.15) is 11.3 Å². The fraction of sp³-hybridized carbons (Fsp3) is 0.550. The summed E-state index contributed by atoms with van der Waals surface area (Å²) in [6.07, 6.45) is 7.73. The quantitative estimate of drug-likeness (QED) is 0.830. The highest BCUT2D eigenvalue weighted by Gasteiger charge is 2.44. The second-order valence-electron chi connectivity index (χ2n) is 7.77. The lowest BCUT2D eigenvalue weighted by molar-refractivity contribution is -0.133. The van der Waals surface area contributed by atoms with Crippen molar-refractivity contribution in [3.05, 3.63) is 39.8 Å². The summed E-state index contributed by atoms with van der Waals surface area (Å²) in [5.41, 5.74) is 3.75. The first-order valence-corrected chi connectivity index (χ1v) is 10.3. The lowest BCUT2D eigenvalue weighted by Crippen LogP contribution is -2.48. The highest BCUT2D eigenvalue weighted by Crippen LogP contribution is 2.44. The van der Waals surface area contributed by atoms with Crippen LogP contribution in [0, 0.1) is 0 Å². The van der Waals surface area contributed by atoms with E-state index in [2.05, 4.69) is 26.7 Å². The normalized spacial score (nSPS) is 21.8. The van der Waals surface area contributed by atoms with E-state index < -0.39 is 0 Å². The summed E-state index contributed by atoms with van der Waals surface area (Å²) in [5, 5.41) is 4.21. The largest absolute Gasteiger partial charge is 0.347 e. The molecule has 2 aromatic rings. The molecule has 138 valence electrons. The van der Waals surface area contributed by atoms with Gasteiger partial charge < -0.3 is 9.80 Å². The zero-order valence-corrected chi connectivity index (χ0v) is 16.4. The molecule has 2 aliphatic rings. The Morgan fingerprint density at radius 1 is 1.38 bits per heavy atom. The van der Waals surface area contributed by atoms with E-state index in [4.69, 9.17) is 4.98 Å². The maximum absolute atomic E-state index is 12.8. The average Bonchev–Trinajstić information content (AvgIpc) is 3.28. The molecule has 26 heavy (non-hydrogen) atoms. The monoisotopic (exact) mass is 370 g/mol. The van der Waals surface area contributed by atoms with Crippen LogP contribution in [0.3, 0.4) is 0 Å². The summed E-state index contributed by atoms with van der Waals surface area (Å²) in [4.78, 5) is 26.2. The summed E-state index contributed by atoms with van der Waals surface area (Å²) in [6.45, 7) is 1.69. The number of hydrogen-bond acceptors (Lipinski definition) is 5. The maximum Gasteiger partial charge on any atom is 0.225 e. The SMILES string of the molecule is CN(C)c1ncc2c(n1)C1(CCCN(C(=O)CCc3ccsc3)C1)CC2. The van der Waals surface area contributed by atoms with E-state index in [0.717, 1.165) is 51.1 Å². The van der Waals surface area contributed by atoms with Crippen LogP contribution in [0.25, 0.3) is 0 Å². The van der Waals surface area contributed by atoms with Gasteiger partial charge >= 0.3 is 0 Å². The third-order valence-corrected chi connectivity index (χ3v) is 6.50. The number of aromatic nitrogens is 2. The molecule has 0 N–H and O–H groups in total. The van der Waals surface area contributed by atoms with E-state index in [0.29, 0.717) is 6.42 Å². The molecule has 1 amide bonds. The number of nitrogens with zero attached hydrogens (tertiary/aromatic N) is 4. The van der Waals surface area contributed by atoms with Crippen molar-refractivity contribution in [2.24, 2.45) is 0 Å². The number of aryl methyl sites for hydroxylation is 2. The van der Waals surface area contributed by atoms with Crippen molar-refractivity contribution in [3.63, 3.8) is 0 Å². The Hall–Kier alpha value is -1.95. The number of amides is 1. The third kappa shape index (κ3) is 3.22. The van der Waals surface area contributed by atoms with E-state index in [1.807, 2.05) is 25.2 Å². The number of likely N-dealkylation sites (tertiary alicyclic amines) is 1. The van der Waals surface area contributed by atoms with Crippen molar-refractivity contribution in [3.8, 4) is 0 Å². The van der Waals surface area contributed by atoms with Gasteiger partial charge in [0.15, 0.2) is 0 Å². The molecule has 3 heterocycles. The van der Waals surface area contributed by atoms with Crippen LogP contribution in [0.1, 0.15) is 42.5 Å². The van der Waals surface area contributed by atoms with E-state index in [-0.39, 0.29) is 11.3 Å². The molecule has 0 saturated carbocycles. The van der Waals surface area contributed by atoms with Crippen LogP contribution in [-0.2, 0) is 23.1 Å². The first kappa shape index (κ1) is 17.5. The number of fused-ring (bicyclic) bond motifs is 2. The Bertz CT molecular complexity index is 785. The van der Waals surface area contributed by atoms with Crippen LogP contribution in [0.15, 0.2) is 23.0 Å². The molecule has 1 spiro atoms. The fourth-order valence-corrected chi connectivity index (χ4v) is 5.04. The lowest BCUT2D eigenvalue weighted by Gasteiger charge is -2.40. The van der Waals surface area contributed by atoms with Gasteiger partial charge in [-0.3, -0.25) is 4.79 Å². The van der Waals surface area contributed by atoms with E-state index in [1.54, 1.807) is 11.3 Å². The van der Waals surface area contributed by atoms with Gasteiger partial charge in [-0.1, -0.05) is 0 Å². The third-order valence-electron chi connectivity index (χ3n) is 5.76. The first-order valence-electron chi connectivity index (χ1n) is 9.40. The molecule has 6 heteroatoms. The van der Waals surface area contributed by atoms with Gasteiger partial charge in [0.05, 0.1) is 5.69 Å². The second kappa shape index (κ2) is 6.99. The molecule has 0 radical (unpaired) electrons. The van der Waals surface area contributed by atoms with Gasteiger partial charge in [0, 0.05) is 45.2 Å². The Morgan fingerprint density at radius 2 is 2.27 bits per heavy atom. The Kier molecular flexibility index (Phi) is 4.69. The van der Waals surface area contributed by atoms with Gasteiger partial charge in [-0.25, -0.2) is 9.97 Å². The first-order chi connectivity index (χ1) is 12.6. The standard InChI is InChI=1S/C20H26N4OS/c1-23(2)19-21-12-16-6-9-20(18(16)22-19)8-3-10-24(14-20)17(25)5-4-15-7-11-26-13-15/h7,11-13H,3-6,8-10,14H2,1-2H3. The van der Waals surface area contributed by atoms with Gasteiger partial charge in [0.2, 0.25) is 11.9 Å². The fourth-order valence-electron chi connectivity index (χ4n) is 4.33. The van der Waals surface area contributed by atoms with Gasteiger partial charge in [-0.15, -0.1) is 0 Å². The molecule has 4 rings (SSSR count). The van der Waals surface area contributed by atoms with E-state index in [9.17, 15) is 4.79 Å². The van der Waals surface area contributed by atoms with Crippen LogP contribution < -0.4 is 4.90 Å². The van der Waals surface area contributed by atoms with Gasteiger partial charge in [-0.05, 0) is 60.1 Å². The molecule has 1 aliphatic heterocycles. The zero-order chi connectivity index (χ0) is 18.1. The van der Waals surface area contributed by atoms with Crippen LogP contribution in [0.2, 0.25) is 0 Å². The Morgan fingerprint density at radius 3 is 3.04 bits per heavy atom. The Balaban J connectivity index is 1.50. The topological polar surface area (TPSA) is 49.3 Å². The predicted molar refractivity (Wildman–Crippen MR) is 105 cm³/mol. The van der Waals surface area contributed by atoms with Crippen LogP contribution in [0.4, 0.5) is 5.95 Å². The van der Waals surface area contributed by atoms with Crippen LogP contribution >= 0.6 is 11.3 Å². The number of carbonyl (C=O) groups excluding carboxylic acids is 1. The minimum Gasteiger partial charge on any atom is -0.347 e. The van der Waals surface area contributed by atoms with Crippen molar-refractivity contribution in [1.29, 1.82) is 0 Å². The molecule has 1 saturated heterocycles. The summed E-state index contributed by atoms with van der Waals surface area (Å²) in [5.74, 6) is 1.05. The molecule has 0 bridgehead atoms. The number of rotatable bonds is 4. The maximum atomic E-state index is 12.8. The number of carbonyl (C=O) groups is 1. The van der Waals surface area contributed by atoms with Crippen molar-refractivity contribution in [2.75, 3.05) is 32.1 Å². The summed E-state index contributed by atoms with van der Waals surface area (Å²) < 4.78 is 0. The number of piperidine rings is 1. The van der Waals surface area contributed by atoms with Crippen LogP contribution in [0.5, 0.6) is 0 Å². The molecule has 1 aliphatic carbocycles. The Labute approximate surface area is 159 Å². The second-order valence-corrected chi connectivity index (χ2v) is 8.55. The molecule has 1 atom stereocenters. The molecule has 0 aromatic carbocycles. The minimum absolute atomic E-state index is 0.0271. The highest BCUT2D eigenvalue weighted by molar-refractivity contribution is 7.07. The van der Waals surface area contributed by atoms with Crippen molar-refractivity contribution in [2.45, 2.75) is 43.9 Å². The average molecular weight is 371 g/mol. The number of thiophene rings is 1. The molecule has 5 nitrogen and oxygen atoms in total. The molecular formula is C20H26N4OS. The van der Waals surface area contributed by atoms with Crippen molar-refractivity contribution in [1.82, 2.24) is 14.9 Å².